The highest BCUT2D eigenvalue weighted by Gasteiger charge is 2.16. The van der Waals surface area contributed by atoms with E-state index in [1.165, 1.54) is 11.3 Å². The van der Waals surface area contributed by atoms with Crippen molar-refractivity contribution in [1.82, 2.24) is 10.2 Å². The van der Waals surface area contributed by atoms with Crippen LogP contribution in [0.3, 0.4) is 0 Å². The summed E-state index contributed by atoms with van der Waals surface area (Å²) >= 11 is 1.49. The molecule has 0 aliphatic carbocycles. The predicted octanol–water partition coefficient (Wildman–Crippen LogP) is 3.18. The molecule has 1 aromatic carbocycles. The molecule has 118 valence electrons. The van der Waals surface area contributed by atoms with Gasteiger partial charge in [0.2, 0.25) is 0 Å². The van der Waals surface area contributed by atoms with Crippen LogP contribution in [0.5, 0.6) is 5.75 Å². The number of benzene rings is 1. The summed E-state index contributed by atoms with van der Waals surface area (Å²) in [6.45, 7) is 0.511. The minimum atomic E-state index is -0.197. The second-order valence-electron chi connectivity index (χ2n) is 5.07. The van der Waals surface area contributed by atoms with Crippen molar-refractivity contribution in [3.05, 3.63) is 47.3 Å². The monoisotopic (exact) mass is 319 g/mol. The first kappa shape index (κ1) is 16.3. The molecule has 0 aliphatic rings. The average molecular weight is 319 g/mol. The first-order valence-corrected chi connectivity index (χ1v) is 7.87. The first-order chi connectivity index (χ1) is 10.6. The summed E-state index contributed by atoms with van der Waals surface area (Å²) < 4.78 is 5.26. The maximum Gasteiger partial charge on any atom is 0.319 e. The average Bonchev–Trinajstić information content (AvgIpc) is 3.00. The smallest absolute Gasteiger partial charge is 0.319 e. The Morgan fingerprint density at radius 1 is 1.32 bits per heavy atom. The minimum absolute atomic E-state index is 0.0733. The Hall–Kier alpha value is -2.05. The van der Waals surface area contributed by atoms with Crippen LogP contribution in [0.1, 0.15) is 11.6 Å². The lowest BCUT2D eigenvalue weighted by Gasteiger charge is -2.25. The molecule has 0 unspecified atom stereocenters. The fourth-order valence-electron chi connectivity index (χ4n) is 2.14. The summed E-state index contributed by atoms with van der Waals surface area (Å²) in [6, 6.07) is 11.5. The molecule has 0 spiro atoms. The van der Waals surface area contributed by atoms with Gasteiger partial charge in [0.1, 0.15) is 5.75 Å². The van der Waals surface area contributed by atoms with Gasteiger partial charge in [0.05, 0.1) is 18.2 Å². The second-order valence-corrected chi connectivity index (χ2v) is 6.02. The Kier molecular flexibility index (Phi) is 5.80. The second kappa shape index (κ2) is 7.82. The zero-order valence-corrected chi connectivity index (χ0v) is 13.8. The van der Waals surface area contributed by atoms with Gasteiger partial charge >= 0.3 is 6.03 Å². The van der Waals surface area contributed by atoms with E-state index >= 15 is 0 Å². The number of hydrogen-bond acceptors (Lipinski definition) is 4. The standard InChI is InChI=1S/C16H21N3O2S/c1-19(2)14(12-6-4-7-13(10-12)21-3)11-17-16(20)18-15-8-5-9-22-15/h4-10,14H,11H2,1-3H3,(H2,17,18,20)/t14-/m0/s1. The van der Waals surface area contributed by atoms with Gasteiger partial charge in [-0.25, -0.2) is 4.79 Å². The Bertz CT molecular complexity index is 599. The molecular weight excluding hydrogens is 298 g/mol. The van der Waals surface area contributed by atoms with E-state index in [2.05, 4.69) is 15.5 Å². The number of anilines is 1. The summed E-state index contributed by atoms with van der Waals surface area (Å²) in [5.74, 6) is 0.812. The molecule has 2 rings (SSSR count). The van der Waals surface area contributed by atoms with Crippen molar-refractivity contribution >= 4 is 22.4 Å². The Morgan fingerprint density at radius 2 is 2.14 bits per heavy atom. The molecule has 0 bridgehead atoms. The van der Waals surface area contributed by atoms with Crippen molar-refractivity contribution in [3.63, 3.8) is 0 Å². The number of likely N-dealkylation sites (N-methyl/N-ethyl adjacent to an activating group) is 1. The number of nitrogens with one attached hydrogen (secondary N) is 2. The molecular formula is C16H21N3O2S. The molecule has 5 nitrogen and oxygen atoms in total. The SMILES string of the molecule is COc1cccc([C@H](CNC(=O)Nc2cccs2)N(C)C)c1. The lowest BCUT2D eigenvalue weighted by molar-refractivity contribution is 0.243. The lowest BCUT2D eigenvalue weighted by Crippen LogP contribution is -2.36. The lowest BCUT2D eigenvalue weighted by atomic mass is 10.1. The van der Waals surface area contributed by atoms with E-state index in [0.717, 1.165) is 16.3 Å². The van der Waals surface area contributed by atoms with Gasteiger partial charge in [-0.2, -0.15) is 0 Å². The van der Waals surface area contributed by atoms with Crippen LogP contribution in [0.2, 0.25) is 0 Å². The van der Waals surface area contributed by atoms with Crippen LogP contribution in [0.25, 0.3) is 0 Å². The molecule has 22 heavy (non-hydrogen) atoms. The van der Waals surface area contributed by atoms with Crippen molar-refractivity contribution in [2.24, 2.45) is 0 Å². The predicted molar refractivity (Wildman–Crippen MR) is 90.8 cm³/mol. The molecule has 0 aliphatic heterocycles. The fraction of sp³-hybridized carbons (Fsp3) is 0.312. The van der Waals surface area contributed by atoms with Crippen molar-refractivity contribution in [3.8, 4) is 5.75 Å². The molecule has 1 aromatic heterocycles. The number of methoxy groups -OCH3 is 1. The van der Waals surface area contributed by atoms with Crippen LogP contribution < -0.4 is 15.4 Å². The van der Waals surface area contributed by atoms with Crippen molar-refractivity contribution in [1.29, 1.82) is 0 Å². The van der Waals surface area contributed by atoms with Gasteiger partial charge in [-0.1, -0.05) is 12.1 Å². The number of carbonyl (C=O) groups is 1. The highest BCUT2D eigenvalue weighted by molar-refractivity contribution is 7.14. The number of hydrogen-bond donors (Lipinski definition) is 2. The van der Waals surface area contributed by atoms with Gasteiger partial charge in [0, 0.05) is 6.54 Å². The van der Waals surface area contributed by atoms with Crippen LogP contribution in [0, 0.1) is 0 Å². The summed E-state index contributed by atoms with van der Waals surface area (Å²) in [6.07, 6.45) is 0. The molecule has 1 heterocycles. The topological polar surface area (TPSA) is 53.6 Å². The van der Waals surface area contributed by atoms with E-state index in [1.807, 2.05) is 55.9 Å². The number of carbonyl (C=O) groups excluding carboxylic acids is 1. The highest BCUT2D eigenvalue weighted by atomic mass is 32.1. The molecule has 2 N–H and O–H groups in total. The van der Waals surface area contributed by atoms with Crippen LogP contribution in [-0.2, 0) is 0 Å². The largest absolute Gasteiger partial charge is 0.497 e. The maximum absolute atomic E-state index is 11.9. The Balaban J connectivity index is 1.98. The first-order valence-electron chi connectivity index (χ1n) is 6.99. The van der Waals surface area contributed by atoms with Gasteiger partial charge in [-0.15, -0.1) is 11.3 Å². The van der Waals surface area contributed by atoms with E-state index in [-0.39, 0.29) is 12.1 Å². The molecule has 0 saturated carbocycles. The quantitative estimate of drug-likeness (QED) is 0.860. The van der Waals surface area contributed by atoms with Crippen LogP contribution in [-0.4, -0.2) is 38.7 Å². The van der Waals surface area contributed by atoms with Crippen molar-refractivity contribution < 1.29 is 9.53 Å². The molecule has 6 heteroatoms. The minimum Gasteiger partial charge on any atom is -0.497 e. The molecule has 2 amide bonds. The summed E-state index contributed by atoms with van der Waals surface area (Å²) in [5, 5.41) is 8.49. The van der Waals surface area contributed by atoms with E-state index in [4.69, 9.17) is 4.74 Å². The normalized spacial score (nSPS) is 12.0. The number of amides is 2. The molecule has 0 fully saturated rings. The van der Waals surface area contributed by atoms with E-state index in [0.29, 0.717) is 6.54 Å². The number of ether oxygens (including phenoxy) is 1. The van der Waals surface area contributed by atoms with E-state index in [9.17, 15) is 4.79 Å². The summed E-state index contributed by atoms with van der Waals surface area (Å²) in [5.41, 5.74) is 1.10. The summed E-state index contributed by atoms with van der Waals surface area (Å²) in [7, 11) is 5.63. The van der Waals surface area contributed by atoms with E-state index < -0.39 is 0 Å². The number of rotatable bonds is 6. The third-order valence-corrected chi connectivity index (χ3v) is 4.10. The third-order valence-electron chi connectivity index (χ3n) is 3.32. The van der Waals surface area contributed by atoms with Gasteiger partial charge in [0.25, 0.3) is 0 Å². The number of thiophene rings is 1. The van der Waals surface area contributed by atoms with Gasteiger partial charge in [0.15, 0.2) is 0 Å². The van der Waals surface area contributed by atoms with Gasteiger partial charge in [-0.05, 0) is 49.3 Å². The van der Waals surface area contributed by atoms with Crippen LogP contribution >= 0.6 is 11.3 Å². The third kappa shape index (κ3) is 4.47. The molecule has 1 atom stereocenters. The Morgan fingerprint density at radius 3 is 2.77 bits per heavy atom. The maximum atomic E-state index is 11.9. The number of nitrogens with zero attached hydrogens (tertiary/aromatic N) is 1. The molecule has 2 aromatic rings. The van der Waals surface area contributed by atoms with Crippen LogP contribution in [0.15, 0.2) is 41.8 Å². The van der Waals surface area contributed by atoms with E-state index in [1.54, 1.807) is 7.11 Å². The number of urea groups is 1. The molecule has 0 radical (unpaired) electrons. The fourth-order valence-corrected chi connectivity index (χ4v) is 2.76. The van der Waals surface area contributed by atoms with Gasteiger partial charge < -0.3 is 15.0 Å². The van der Waals surface area contributed by atoms with Crippen molar-refractivity contribution in [2.75, 3.05) is 33.1 Å². The van der Waals surface area contributed by atoms with Crippen molar-refractivity contribution in [2.45, 2.75) is 6.04 Å². The zero-order chi connectivity index (χ0) is 15.9. The van der Waals surface area contributed by atoms with Gasteiger partial charge in [-0.3, -0.25) is 5.32 Å². The molecule has 0 saturated heterocycles. The van der Waals surface area contributed by atoms with Crippen LogP contribution in [0.4, 0.5) is 9.80 Å². The Labute approximate surface area is 134 Å². The highest BCUT2D eigenvalue weighted by Crippen LogP contribution is 2.22. The zero-order valence-electron chi connectivity index (χ0n) is 13.0. The summed E-state index contributed by atoms with van der Waals surface area (Å²) in [4.78, 5) is 14.0.